The Labute approximate surface area is 201 Å². The molecule has 33 heavy (non-hydrogen) atoms. The van der Waals surface area contributed by atoms with E-state index in [1.807, 2.05) is 6.20 Å². The van der Waals surface area contributed by atoms with Crippen LogP contribution in [0, 0.1) is 0 Å². The minimum absolute atomic E-state index is 0.230. The lowest BCUT2D eigenvalue weighted by Gasteiger charge is -2.14. The Morgan fingerprint density at radius 2 is 1.52 bits per heavy atom. The molecule has 0 aliphatic carbocycles. The Bertz CT molecular complexity index is 732. The summed E-state index contributed by atoms with van der Waals surface area (Å²) in [7, 11) is 0. The molecule has 2 unspecified atom stereocenters. The summed E-state index contributed by atoms with van der Waals surface area (Å²) in [4.78, 5) is 0. The smallest absolute Gasteiger partial charge is 0.0740 e. The maximum absolute atomic E-state index is 5.62. The van der Waals surface area contributed by atoms with Gasteiger partial charge in [0, 0.05) is 25.9 Å². The van der Waals surface area contributed by atoms with Crippen LogP contribution in [0.2, 0.25) is 0 Å². The zero-order valence-electron chi connectivity index (χ0n) is 21.2. The molecule has 0 fully saturated rings. The van der Waals surface area contributed by atoms with Crippen LogP contribution >= 0.6 is 0 Å². The average Bonchev–Trinajstić information content (AvgIpc) is 3.34. The summed E-state index contributed by atoms with van der Waals surface area (Å²) in [6.07, 6.45) is 8.92. The lowest BCUT2D eigenvalue weighted by atomic mass is 10.0. The standard InChI is InChI=1S/C27H45N3O3/c1-5-7-8-14-31-16-18-33-19-17-32-15-13-28-20-25-9-11-26(12-10-25)24(4)30-22-27(21-29-30)23(3)6-2/h9-12,21-24,28H,5-8,13-20H2,1-4H3. The zero-order chi connectivity index (χ0) is 23.7. The fourth-order valence-electron chi connectivity index (χ4n) is 3.49. The molecular formula is C27H45N3O3. The third-order valence-electron chi connectivity index (χ3n) is 6.05. The molecule has 0 aliphatic heterocycles. The molecule has 6 heteroatoms. The topological polar surface area (TPSA) is 57.5 Å². The molecule has 0 spiro atoms. The molecule has 1 aromatic heterocycles. The van der Waals surface area contributed by atoms with Crippen LogP contribution in [-0.2, 0) is 20.8 Å². The highest BCUT2D eigenvalue weighted by Gasteiger charge is 2.12. The number of hydrogen-bond donors (Lipinski definition) is 1. The van der Waals surface area contributed by atoms with Crippen LogP contribution in [0.15, 0.2) is 36.7 Å². The number of aromatic nitrogens is 2. The zero-order valence-corrected chi connectivity index (χ0v) is 21.2. The highest BCUT2D eigenvalue weighted by Crippen LogP contribution is 2.22. The monoisotopic (exact) mass is 459 g/mol. The van der Waals surface area contributed by atoms with E-state index in [0.717, 1.165) is 32.5 Å². The van der Waals surface area contributed by atoms with Crippen molar-refractivity contribution in [2.24, 2.45) is 0 Å². The largest absolute Gasteiger partial charge is 0.379 e. The van der Waals surface area contributed by atoms with E-state index in [2.05, 4.69) is 73.3 Å². The van der Waals surface area contributed by atoms with E-state index in [4.69, 9.17) is 14.2 Å². The predicted octanol–water partition coefficient (Wildman–Crippen LogP) is 5.34. The minimum Gasteiger partial charge on any atom is -0.379 e. The predicted molar refractivity (Wildman–Crippen MR) is 135 cm³/mol. The molecule has 0 saturated heterocycles. The second-order valence-corrected chi connectivity index (χ2v) is 8.70. The van der Waals surface area contributed by atoms with Crippen LogP contribution < -0.4 is 5.32 Å². The van der Waals surface area contributed by atoms with Gasteiger partial charge in [-0.2, -0.15) is 5.10 Å². The molecule has 0 amide bonds. The van der Waals surface area contributed by atoms with Crippen molar-refractivity contribution in [1.82, 2.24) is 15.1 Å². The Kier molecular flexibility index (Phi) is 14.0. The van der Waals surface area contributed by atoms with Crippen LogP contribution in [0.25, 0.3) is 0 Å². The van der Waals surface area contributed by atoms with Crippen molar-refractivity contribution in [1.29, 1.82) is 0 Å². The van der Waals surface area contributed by atoms with Crippen LogP contribution in [0.5, 0.6) is 0 Å². The fourth-order valence-corrected chi connectivity index (χ4v) is 3.49. The van der Waals surface area contributed by atoms with Crippen molar-refractivity contribution in [2.75, 3.05) is 46.2 Å². The van der Waals surface area contributed by atoms with Gasteiger partial charge < -0.3 is 19.5 Å². The first-order chi connectivity index (χ1) is 16.2. The Morgan fingerprint density at radius 3 is 2.18 bits per heavy atom. The van der Waals surface area contributed by atoms with Gasteiger partial charge in [-0.25, -0.2) is 0 Å². The molecule has 2 aromatic rings. The molecule has 186 valence electrons. The quantitative estimate of drug-likeness (QED) is 0.288. The van der Waals surface area contributed by atoms with Crippen LogP contribution in [0.4, 0.5) is 0 Å². The SMILES string of the molecule is CCCCCOCCOCCOCCNCc1ccc(C(C)n2cc(C(C)CC)cn2)cc1. The average molecular weight is 460 g/mol. The van der Waals surface area contributed by atoms with Gasteiger partial charge in [0.15, 0.2) is 0 Å². The van der Waals surface area contributed by atoms with Crippen LogP contribution in [0.3, 0.4) is 0 Å². The molecule has 0 bridgehead atoms. The molecule has 2 atom stereocenters. The molecule has 1 aromatic carbocycles. The molecule has 0 saturated carbocycles. The number of benzene rings is 1. The fraction of sp³-hybridized carbons (Fsp3) is 0.667. The van der Waals surface area contributed by atoms with Crippen molar-refractivity contribution in [3.63, 3.8) is 0 Å². The number of hydrogen-bond acceptors (Lipinski definition) is 5. The van der Waals surface area contributed by atoms with E-state index in [1.54, 1.807) is 0 Å². The summed E-state index contributed by atoms with van der Waals surface area (Å²) in [6.45, 7) is 14.6. The van der Waals surface area contributed by atoms with Crippen molar-refractivity contribution < 1.29 is 14.2 Å². The van der Waals surface area contributed by atoms with Gasteiger partial charge in [0.1, 0.15) is 0 Å². The van der Waals surface area contributed by atoms with E-state index in [1.165, 1.54) is 29.5 Å². The molecule has 2 rings (SSSR count). The van der Waals surface area contributed by atoms with Crippen LogP contribution in [-0.4, -0.2) is 56.0 Å². The molecule has 1 N–H and O–H groups in total. The number of nitrogens with zero attached hydrogens (tertiary/aromatic N) is 2. The summed E-state index contributed by atoms with van der Waals surface area (Å²) in [6, 6.07) is 9.02. The Balaban J connectivity index is 1.52. The van der Waals surface area contributed by atoms with Crippen molar-refractivity contribution >= 4 is 0 Å². The maximum Gasteiger partial charge on any atom is 0.0740 e. The van der Waals surface area contributed by atoms with E-state index in [0.29, 0.717) is 39.0 Å². The third kappa shape index (κ3) is 10.8. The summed E-state index contributed by atoms with van der Waals surface area (Å²) in [5.74, 6) is 0.551. The van der Waals surface area contributed by atoms with Crippen molar-refractivity contribution in [3.8, 4) is 0 Å². The first kappa shape index (κ1) is 27.5. The Morgan fingerprint density at radius 1 is 0.848 bits per heavy atom. The summed E-state index contributed by atoms with van der Waals surface area (Å²) in [5.41, 5.74) is 3.85. The lowest BCUT2D eigenvalue weighted by Crippen LogP contribution is -2.20. The van der Waals surface area contributed by atoms with Crippen LogP contribution in [0.1, 0.15) is 82.0 Å². The second kappa shape index (κ2) is 16.8. The maximum atomic E-state index is 5.62. The molecular weight excluding hydrogens is 414 g/mol. The van der Waals surface area contributed by atoms with Gasteiger partial charge in [0.05, 0.1) is 45.3 Å². The van der Waals surface area contributed by atoms with Gasteiger partial charge in [-0.15, -0.1) is 0 Å². The van der Waals surface area contributed by atoms with E-state index < -0.39 is 0 Å². The highest BCUT2D eigenvalue weighted by molar-refractivity contribution is 5.25. The van der Waals surface area contributed by atoms with Gasteiger partial charge in [-0.05, 0) is 42.4 Å². The normalized spacial score (nSPS) is 13.3. The van der Waals surface area contributed by atoms with Gasteiger partial charge >= 0.3 is 0 Å². The number of rotatable bonds is 19. The highest BCUT2D eigenvalue weighted by atomic mass is 16.5. The Hall–Kier alpha value is -1.73. The van der Waals surface area contributed by atoms with Crippen molar-refractivity contribution in [3.05, 3.63) is 53.3 Å². The molecule has 0 aliphatic rings. The third-order valence-corrected chi connectivity index (χ3v) is 6.05. The molecule has 0 radical (unpaired) electrons. The first-order valence-electron chi connectivity index (χ1n) is 12.7. The number of ether oxygens (including phenoxy) is 3. The van der Waals surface area contributed by atoms with Gasteiger partial charge in [-0.3, -0.25) is 4.68 Å². The van der Waals surface area contributed by atoms with E-state index in [9.17, 15) is 0 Å². The minimum atomic E-state index is 0.230. The number of unbranched alkanes of at least 4 members (excludes halogenated alkanes) is 2. The molecule has 6 nitrogen and oxygen atoms in total. The van der Waals surface area contributed by atoms with Gasteiger partial charge in [0.25, 0.3) is 0 Å². The molecule has 1 heterocycles. The van der Waals surface area contributed by atoms with Gasteiger partial charge in [0.2, 0.25) is 0 Å². The summed E-state index contributed by atoms with van der Waals surface area (Å²) >= 11 is 0. The van der Waals surface area contributed by atoms with Crippen molar-refractivity contribution in [2.45, 2.75) is 71.9 Å². The summed E-state index contributed by atoms with van der Waals surface area (Å²) in [5, 5.41) is 8.02. The lowest BCUT2D eigenvalue weighted by molar-refractivity contribution is 0.0145. The summed E-state index contributed by atoms with van der Waals surface area (Å²) < 4.78 is 18.7. The first-order valence-corrected chi connectivity index (χ1v) is 12.7. The second-order valence-electron chi connectivity index (χ2n) is 8.70. The van der Waals surface area contributed by atoms with E-state index in [-0.39, 0.29) is 6.04 Å². The van der Waals surface area contributed by atoms with Gasteiger partial charge in [-0.1, -0.05) is 57.9 Å². The van der Waals surface area contributed by atoms with E-state index >= 15 is 0 Å². The number of nitrogens with one attached hydrogen (secondary N) is 1.